The molecule has 0 radical (unpaired) electrons. The summed E-state index contributed by atoms with van der Waals surface area (Å²) in [6.45, 7) is 8.94. The number of halogens is 2. The Balaban J connectivity index is 1.19. The number of anilines is 1. The highest BCUT2D eigenvalue weighted by Crippen LogP contribution is 2.32. The highest BCUT2D eigenvalue weighted by Gasteiger charge is 2.37. The average molecular weight is 600 g/mol. The first kappa shape index (κ1) is 30.0. The minimum atomic E-state index is -2.67. The number of fused-ring (bicyclic) bond motifs is 1. The van der Waals surface area contributed by atoms with E-state index in [1.54, 1.807) is 18.5 Å². The number of amides is 1. The number of nitrogens with zero attached hydrogens (tertiary/aromatic N) is 6. The van der Waals surface area contributed by atoms with Gasteiger partial charge in [-0.15, -0.1) is 0 Å². The quantitative estimate of drug-likeness (QED) is 0.290. The lowest BCUT2D eigenvalue weighted by molar-refractivity contribution is -0.0632. The smallest absolute Gasteiger partial charge is 0.252 e. The summed E-state index contributed by atoms with van der Waals surface area (Å²) < 4.78 is 28.1. The van der Waals surface area contributed by atoms with Gasteiger partial charge in [-0.05, 0) is 38.1 Å². The van der Waals surface area contributed by atoms with Crippen LogP contribution in [0.25, 0.3) is 22.3 Å². The largest absolute Gasteiger partial charge is 0.354 e. The van der Waals surface area contributed by atoms with Crippen molar-refractivity contribution in [1.29, 1.82) is 0 Å². The van der Waals surface area contributed by atoms with E-state index in [0.717, 1.165) is 54.0 Å². The lowest BCUT2D eigenvalue weighted by atomic mass is 10.0. The maximum atomic E-state index is 14.0. The fraction of sp³-hybridized carbons (Fsp3) is 0.412. The van der Waals surface area contributed by atoms with E-state index in [4.69, 9.17) is 4.98 Å². The zero-order valence-corrected chi connectivity index (χ0v) is 25.3. The van der Waals surface area contributed by atoms with Gasteiger partial charge in [-0.1, -0.05) is 36.4 Å². The molecule has 1 amide bonds. The van der Waals surface area contributed by atoms with Gasteiger partial charge in [-0.2, -0.15) is 0 Å². The Morgan fingerprint density at radius 2 is 1.57 bits per heavy atom. The summed E-state index contributed by atoms with van der Waals surface area (Å²) in [5.41, 5.74) is 2.97. The zero-order chi connectivity index (χ0) is 30.7. The number of carbonyl (C=O) groups excluding carboxylic acids is 1. The summed E-state index contributed by atoms with van der Waals surface area (Å²) in [6.07, 6.45) is 3.04. The topological polar surface area (TPSA) is 77.5 Å². The number of hydrogen-bond acceptors (Lipinski definition) is 7. The lowest BCUT2D eigenvalue weighted by Crippen LogP contribution is -2.49. The monoisotopic (exact) mass is 599 g/mol. The van der Waals surface area contributed by atoms with Crippen molar-refractivity contribution in [2.75, 3.05) is 50.7 Å². The van der Waals surface area contributed by atoms with Crippen LogP contribution in [0.2, 0.25) is 0 Å². The van der Waals surface area contributed by atoms with E-state index in [-0.39, 0.29) is 44.4 Å². The van der Waals surface area contributed by atoms with Crippen molar-refractivity contribution in [2.45, 2.75) is 44.7 Å². The number of carbonyl (C=O) groups is 1. The van der Waals surface area contributed by atoms with Crippen LogP contribution in [0, 0.1) is 0 Å². The number of piperidine rings is 1. The fourth-order valence-electron chi connectivity index (χ4n) is 6.14. The van der Waals surface area contributed by atoms with E-state index < -0.39 is 5.92 Å². The predicted molar refractivity (Wildman–Crippen MR) is 169 cm³/mol. The second-order valence-electron chi connectivity index (χ2n) is 12.0. The molecule has 230 valence electrons. The summed E-state index contributed by atoms with van der Waals surface area (Å²) in [5.74, 6) is -1.40. The number of benzene rings is 2. The summed E-state index contributed by atoms with van der Waals surface area (Å²) in [5, 5.41) is 3.86. The molecule has 1 N–H and O–H groups in total. The van der Waals surface area contributed by atoms with Crippen molar-refractivity contribution in [3.63, 3.8) is 0 Å². The number of pyridine rings is 1. The van der Waals surface area contributed by atoms with Crippen LogP contribution in [0.3, 0.4) is 0 Å². The second kappa shape index (κ2) is 12.9. The van der Waals surface area contributed by atoms with Gasteiger partial charge >= 0.3 is 0 Å². The van der Waals surface area contributed by atoms with Crippen LogP contribution in [0.4, 0.5) is 14.6 Å². The number of likely N-dealkylation sites (tertiary alicyclic amines) is 1. The zero-order valence-electron chi connectivity index (χ0n) is 25.3. The Morgan fingerprint density at radius 1 is 0.864 bits per heavy atom. The fourth-order valence-corrected chi connectivity index (χ4v) is 6.14. The van der Waals surface area contributed by atoms with Crippen LogP contribution in [-0.4, -0.2) is 88.4 Å². The molecule has 4 heterocycles. The van der Waals surface area contributed by atoms with Crippen molar-refractivity contribution in [3.8, 4) is 11.4 Å². The van der Waals surface area contributed by atoms with E-state index >= 15 is 0 Å². The van der Waals surface area contributed by atoms with Crippen LogP contribution in [0.15, 0.2) is 73.1 Å². The van der Waals surface area contributed by atoms with Crippen LogP contribution < -0.4 is 10.2 Å². The van der Waals surface area contributed by atoms with Crippen LogP contribution in [-0.2, 0) is 0 Å². The molecule has 2 fully saturated rings. The number of hydrogen-bond donors (Lipinski definition) is 1. The highest BCUT2D eigenvalue weighted by atomic mass is 19.3. The molecule has 2 aromatic carbocycles. The van der Waals surface area contributed by atoms with Crippen molar-refractivity contribution in [1.82, 2.24) is 30.1 Å². The average Bonchev–Trinajstić information content (AvgIpc) is 3.05. The number of nitrogens with one attached hydrogen (secondary N) is 1. The summed E-state index contributed by atoms with van der Waals surface area (Å²) in [7, 11) is 0. The third-order valence-electron chi connectivity index (χ3n) is 8.85. The van der Waals surface area contributed by atoms with Gasteiger partial charge in [0, 0.05) is 99.2 Å². The third kappa shape index (κ3) is 6.71. The van der Waals surface area contributed by atoms with Crippen molar-refractivity contribution < 1.29 is 13.6 Å². The van der Waals surface area contributed by atoms with Gasteiger partial charge in [-0.25, -0.2) is 23.7 Å². The van der Waals surface area contributed by atoms with E-state index in [9.17, 15) is 13.6 Å². The van der Waals surface area contributed by atoms with Gasteiger partial charge in [-0.3, -0.25) is 14.6 Å². The number of piperazine rings is 1. The van der Waals surface area contributed by atoms with E-state index in [1.165, 1.54) is 0 Å². The van der Waals surface area contributed by atoms with Gasteiger partial charge in [0.05, 0.1) is 11.6 Å². The van der Waals surface area contributed by atoms with Crippen molar-refractivity contribution in [3.05, 3.63) is 84.2 Å². The van der Waals surface area contributed by atoms with E-state index in [0.29, 0.717) is 17.4 Å². The normalized spacial score (nSPS) is 18.4. The van der Waals surface area contributed by atoms with E-state index in [2.05, 4.69) is 38.9 Å². The van der Waals surface area contributed by atoms with Gasteiger partial charge < -0.3 is 10.2 Å². The molecule has 1 unspecified atom stereocenters. The number of aromatic nitrogens is 3. The molecule has 0 saturated carbocycles. The molecule has 0 bridgehead atoms. The van der Waals surface area contributed by atoms with Gasteiger partial charge in [0.2, 0.25) is 0 Å². The van der Waals surface area contributed by atoms with Crippen LogP contribution in [0.1, 0.15) is 48.7 Å². The van der Waals surface area contributed by atoms with Gasteiger partial charge in [0.25, 0.3) is 11.8 Å². The Hall–Kier alpha value is -4.02. The lowest BCUT2D eigenvalue weighted by Gasteiger charge is -2.37. The number of alkyl halides is 2. The van der Waals surface area contributed by atoms with Gasteiger partial charge in [0.1, 0.15) is 5.82 Å². The molecule has 0 spiro atoms. The first-order valence-electron chi connectivity index (χ1n) is 15.4. The van der Waals surface area contributed by atoms with Crippen molar-refractivity contribution >= 4 is 22.6 Å². The molecule has 0 aliphatic carbocycles. The van der Waals surface area contributed by atoms with Crippen LogP contribution >= 0.6 is 0 Å². The molecule has 2 aliphatic heterocycles. The first-order chi connectivity index (χ1) is 21.3. The number of rotatable bonds is 8. The van der Waals surface area contributed by atoms with Gasteiger partial charge in [0.15, 0.2) is 5.82 Å². The third-order valence-corrected chi connectivity index (χ3v) is 8.85. The Bertz CT molecular complexity index is 1560. The minimum absolute atomic E-state index is 0.218. The molecule has 8 nitrogen and oxygen atoms in total. The SMILES string of the molecule is CC(C)N1CCN(c2ccc3c(C(=O)NCC(c4cnc(-c5ccccc5)nc4)N4CCC(F)(F)CC4)cccc3n2)CC1. The molecule has 6 rings (SSSR count). The molecule has 4 aromatic rings. The molecule has 2 saturated heterocycles. The maximum absolute atomic E-state index is 14.0. The summed E-state index contributed by atoms with van der Waals surface area (Å²) in [6, 6.07) is 19.4. The molecular weight excluding hydrogens is 560 g/mol. The summed E-state index contributed by atoms with van der Waals surface area (Å²) in [4.78, 5) is 34.4. The molecular formula is C34H39F2N7O. The second-order valence-corrected chi connectivity index (χ2v) is 12.0. The van der Waals surface area contributed by atoms with Crippen LogP contribution in [0.5, 0.6) is 0 Å². The van der Waals surface area contributed by atoms with Crippen molar-refractivity contribution in [2.24, 2.45) is 0 Å². The van der Waals surface area contributed by atoms with E-state index in [1.807, 2.05) is 59.5 Å². The molecule has 44 heavy (non-hydrogen) atoms. The maximum Gasteiger partial charge on any atom is 0.252 e. The Morgan fingerprint density at radius 3 is 2.25 bits per heavy atom. The minimum Gasteiger partial charge on any atom is -0.354 e. The molecule has 2 aromatic heterocycles. The molecule has 10 heteroatoms. The summed E-state index contributed by atoms with van der Waals surface area (Å²) >= 11 is 0. The Labute approximate surface area is 257 Å². The molecule has 1 atom stereocenters. The molecule has 2 aliphatic rings. The predicted octanol–water partition coefficient (Wildman–Crippen LogP) is 5.42. The highest BCUT2D eigenvalue weighted by molar-refractivity contribution is 6.06. The first-order valence-corrected chi connectivity index (χ1v) is 15.4. The Kier molecular flexibility index (Phi) is 8.81. The standard InChI is InChI=1S/C34H39F2N7O/c1-24(2)41-17-19-43(20-18-41)31-12-11-27-28(9-6-10-29(27)40-31)33(44)39-23-30(42-15-13-34(35,36)14-16-42)26-21-37-32(38-22-26)25-7-4-3-5-8-25/h3-12,21-22,24,30H,13-20,23H2,1-2H3,(H,39,44).